The van der Waals surface area contributed by atoms with Gasteiger partial charge in [0.2, 0.25) is 5.91 Å². The summed E-state index contributed by atoms with van der Waals surface area (Å²) in [5.41, 5.74) is 2.72. The number of nitrogens with one attached hydrogen (secondary N) is 1. The first-order chi connectivity index (χ1) is 11.7. The van der Waals surface area contributed by atoms with Gasteiger partial charge in [-0.15, -0.1) is 22.7 Å². The summed E-state index contributed by atoms with van der Waals surface area (Å²) in [7, 11) is 0. The second-order valence-corrected chi connectivity index (χ2v) is 7.13. The molecule has 3 heterocycles. The number of nitrogens with zero attached hydrogens (tertiary/aromatic N) is 3. The van der Waals surface area contributed by atoms with E-state index >= 15 is 0 Å². The predicted octanol–water partition coefficient (Wildman–Crippen LogP) is 4.42. The van der Waals surface area contributed by atoms with Crippen molar-refractivity contribution in [1.29, 1.82) is 0 Å². The number of amides is 1. The van der Waals surface area contributed by atoms with Gasteiger partial charge in [0.05, 0.1) is 27.9 Å². The van der Waals surface area contributed by atoms with Crippen molar-refractivity contribution in [2.24, 2.45) is 0 Å². The summed E-state index contributed by atoms with van der Waals surface area (Å²) >= 11 is 3.07. The molecular weight excluding hydrogens is 340 g/mol. The van der Waals surface area contributed by atoms with Crippen LogP contribution in [0.3, 0.4) is 0 Å². The van der Waals surface area contributed by atoms with Crippen LogP contribution in [-0.2, 0) is 4.79 Å². The highest BCUT2D eigenvalue weighted by Gasteiger charge is 2.18. The molecular formula is C17H14N4OS2. The van der Waals surface area contributed by atoms with E-state index in [0.717, 1.165) is 21.6 Å². The average molecular weight is 354 g/mol. The van der Waals surface area contributed by atoms with E-state index in [2.05, 4.69) is 15.3 Å². The standard InChI is InChI=1S/C17H14N4OS2/c1-11(21-10-18-12-5-2-3-6-14(12)21)16(22)20-17-19-13(9-24-17)15-7-4-8-23-15/h2-11H,1H3,(H,19,20,22)/t11-/m0/s1. The van der Waals surface area contributed by atoms with Crippen molar-refractivity contribution in [3.8, 4) is 10.6 Å². The van der Waals surface area contributed by atoms with Crippen LogP contribution in [0, 0.1) is 0 Å². The van der Waals surface area contributed by atoms with Crippen molar-refractivity contribution in [3.05, 3.63) is 53.5 Å². The number of carbonyl (C=O) groups excluding carboxylic acids is 1. The minimum Gasteiger partial charge on any atom is -0.318 e. The molecule has 0 radical (unpaired) electrons. The highest BCUT2D eigenvalue weighted by molar-refractivity contribution is 7.16. The molecule has 120 valence electrons. The van der Waals surface area contributed by atoms with E-state index in [0.29, 0.717) is 5.13 Å². The SMILES string of the molecule is C[C@@H](C(=O)Nc1nc(-c2cccs2)cs1)n1cnc2ccccc21. The third-order valence-corrected chi connectivity index (χ3v) is 5.44. The number of anilines is 1. The van der Waals surface area contributed by atoms with E-state index in [1.54, 1.807) is 17.7 Å². The number of fused-ring (bicyclic) bond motifs is 1. The maximum Gasteiger partial charge on any atom is 0.248 e. The third-order valence-electron chi connectivity index (χ3n) is 3.79. The number of imidazole rings is 1. The number of hydrogen-bond donors (Lipinski definition) is 1. The Kier molecular flexibility index (Phi) is 3.87. The molecule has 0 bridgehead atoms. The summed E-state index contributed by atoms with van der Waals surface area (Å²) in [5, 5.41) is 7.48. The lowest BCUT2D eigenvalue weighted by molar-refractivity contribution is -0.118. The molecule has 1 amide bonds. The molecule has 7 heteroatoms. The Morgan fingerprint density at radius 2 is 2.08 bits per heavy atom. The predicted molar refractivity (Wildman–Crippen MR) is 98.5 cm³/mol. The van der Waals surface area contributed by atoms with E-state index in [1.807, 2.05) is 58.6 Å². The summed E-state index contributed by atoms with van der Waals surface area (Å²) in [6, 6.07) is 11.4. The van der Waals surface area contributed by atoms with Gasteiger partial charge in [0, 0.05) is 5.38 Å². The van der Waals surface area contributed by atoms with Gasteiger partial charge in [0.25, 0.3) is 0 Å². The molecule has 0 fully saturated rings. The molecule has 0 unspecified atom stereocenters. The number of rotatable bonds is 4. The van der Waals surface area contributed by atoms with Crippen molar-refractivity contribution in [3.63, 3.8) is 0 Å². The van der Waals surface area contributed by atoms with Crippen LogP contribution in [0.1, 0.15) is 13.0 Å². The van der Waals surface area contributed by atoms with Crippen molar-refractivity contribution < 1.29 is 4.79 Å². The van der Waals surface area contributed by atoms with Crippen LogP contribution in [-0.4, -0.2) is 20.4 Å². The fourth-order valence-electron chi connectivity index (χ4n) is 2.49. The van der Waals surface area contributed by atoms with E-state index in [4.69, 9.17) is 0 Å². The summed E-state index contributed by atoms with van der Waals surface area (Å²) in [6.45, 7) is 1.86. The van der Waals surface area contributed by atoms with Crippen LogP contribution in [0.2, 0.25) is 0 Å². The molecule has 4 rings (SSSR count). The number of carbonyl (C=O) groups is 1. The molecule has 0 aliphatic carbocycles. The Balaban J connectivity index is 1.54. The topological polar surface area (TPSA) is 59.8 Å². The van der Waals surface area contributed by atoms with Crippen molar-refractivity contribution in [2.45, 2.75) is 13.0 Å². The fraction of sp³-hybridized carbons (Fsp3) is 0.118. The maximum atomic E-state index is 12.6. The number of hydrogen-bond acceptors (Lipinski definition) is 5. The highest BCUT2D eigenvalue weighted by Crippen LogP contribution is 2.28. The largest absolute Gasteiger partial charge is 0.318 e. The third kappa shape index (κ3) is 2.72. The Bertz CT molecular complexity index is 987. The first kappa shape index (κ1) is 15.0. The molecule has 1 N–H and O–H groups in total. The van der Waals surface area contributed by atoms with Gasteiger partial charge in [0.15, 0.2) is 5.13 Å². The van der Waals surface area contributed by atoms with Gasteiger partial charge in [-0.05, 0) is 30.5 Å². The van der Waals surface area contributed by atoms with Gasteiger partial charge in [-0.3, -0.25) is 4.79 Å². The molecule has 1 atom stereocenters. The van der Waals surface area contributed by atoms with Crippen molar-refractivity contribution in [1.82, 2.24) is 14.5 Å². The summed E-state index contributed by atoms with van der Waals surface area (Å²) in [5.74, 6) is -0.106. The molecule has 0 spiro atoms. The van der Waals surface area contributed by atoms with E-state index in [-0.39, 0.29) is 11.9 Å². The van der Waals surface area contributed by atoms with Gasteiger partial charge in [-0.25, -0.2) is 9.97 Å². The van der Waals surface area contributed by atoms with Crippen LogP contribution >= 0.6 is 22.7 Å². The van der Waals surface area contributed by atoms with Gasteiger partial charge >= 0.3 is 0 Å². The Morgan fingerprint density at radius 1 is 1.21 bits per heavy atom. The Labute approximate surface area is 146 Å². The molecule has 1 aromatic carbocycles. The molecule has 0 aliphatic heterocycles. The molecule has 5 nitrogen and oxygen atoms in total. The first-order valence-electron chi connectivity index (χ1n) is 7.44. The molecule has 0 saturated carbocycles. The van der Waals surface area contributed by atoms with E-state index < -0.39 is 0 Å². The molecule has 24 heavy (non-hydrogen) atoms. The minimum absolute atomic E-state index is 0.106. The summed E-state index contributed by atoms with van der Waals surface area (Å²) in [6.07, 6.45) is 1.70. The van der Waals surface area contributed by atoms with Gasteiger partial charge in [-0.2, -0.15) is 0 Å². The number of para-hydroxylation sites is 2. The van der Waals surface area contributed by atoms with Gasteiger partial charge in [-0.1, -0.05) is 18.2 Å². The van der Waals surface area contributed by atoms with E-state index in [9.17, 15) is 4.79 Å². The van der Waals surface area contributed by atoms with Crippen LogP contribution < -0.4 is 5.32 Å². The quantitative estimate of drug-likeness (QED) is 0.590. The van der Waals surface area contributed by atoms with Crippen LogP contribution in [0.4, 0.5) is 5.13 Å². The Hall–Kier alpha value is -2.51. The molecule has 3 aromatic heterocycles. The zero-order valence-electron chi connectivity index (χ0n) is 12.8. The minimum atomic E-state index is -0.369. The van der Waals surface area contributed by atoms with Crippen molar-refractivity contribution >= 4 is 44.7 Å². The second kappa shape index (κ2) is 6.18. The zero-order chi connectivity index (χ0) is 16.5. The highest BCUT2D eigenvalue weighted by atomic mass is 32.1. The zero-order valence-corrected chi connectivity index (χ0v) is 14.5. The fourth-order valence-corrected chi connectivity index (χ4v) is 3.97. The Morgan fingerprint density at radius 3 is 2.92 bits per heavy atom. The lowest BCUT2D eigenvalue weighted by atomic mass is 10.2. The lowest BCUT2D eigenvalue weighted by Gasteiger charge is -2.13. The number of benzene rings is 1. The first-order valence-corrected chi connectivity index (χ1v) is 9.20. The lowest BCUT2D eigenvalue weighted by Crippen LogP contribution is -2.23. The number of thiophene rings is 1. The monoisotopic (exact) mass is 354 g/mol. The maximum absolute atomic E-state index is 12.6. The molecule has 4 aromatic rings. The second-order valence-electron chi connectivity index (χ2n) is 5.32. The average Bonchev–Trinajstić information content (AvgIpc) is 3.33. The van der Waals surface area contributed by atoms with Crippen LogP contribution in [0.15, 0.2) is 53.5 Å². The van der Waals surface area contributed by atoms with E-state index in [1.165, 1.54) is 11.3 Å². The normalized spacial score (nSPS) is 12.4. The molecule has 0 aliphatic rings. The van der Waals surface area contributed by atoms with Gasteiger partial charge in [0.1, 0.15) is 6.04 Å². The summed E-state index contributed by atoms with van der Waals surface area (Å²) < 4.78 is 1.87. The summed E-state index contributed by atoms with van der Waals surface area (Å²) in [4.78, 5) is 22.5. The smallest absolute Gasteiger partial charge is 0.248 e. The molecule has 0 saturated heterocycles. The van der Waals surface area contributed by atoms with Crippen molar-refractivity contribution in [2.75, 3.05) is 5.32 Å². The number of aromatic nitrogens is 3. The van der Waals surface area contributed by atoms with Gasteiger partial charge < -0.3 is 9.88 Å². The van der Waals surface area contributed by atoms with Crippen LogP contribution in [0.25, 0.3) is 21.6 Å². The van der Waals surface area contributed by atoms with Crippen LogP contribution in [0.5, 0.6) is 0 Å². The number of thiazole rings is 1.